The summed E-state index contributed by atoms with van der Waals surface area (Å²) >= 11 is 0. The molecule has 3 nitrogen and oxygen atoms in total. The molecule has 0 amide bonds. The van der Waals surface area contributed by atoms with E-state index in [2.05, 4.69) is 6.08 Å². The third-order valence-corrected chi connectivity index (χ3v) is 1.21. The predicted octanol–water partition coefficient (Wildman–Crippen LogP) is -0.185. The molecule has 0 aliphatic carbocycles. The minimum atomic E-state index is 0. The summed E-state index contributed by atoms with van der Waals surface area (Å²) in [6.07, 6.45) is 4.33. The summed E-state index contributed by atoms with van der Waals surface area (Å²) in [5.74, 6) is 0.955. The molecule has 1 aliphatic heterocycles. The van der Waals surface area contributed by atoms with Crippen LogP contribution < -0.4 is 5.73 Å². The van der Waals surface area contributed by atoms with Gasteiger partial charge in [0.1, 0.15) is 5.76 Å². The summed E-state index contributed by atoms with van der Waals surface area (Å²) in [4.78, 5) is 0. The average molecular weight is 131 g/mol. The maximum Gasteiger partial charge on any atom is 0.106 e. The van der Waals surface area contributed by atoms with E-state index in [-0.39, 0.29) is 5.48 Å². The van der Waals surface area contributed by atoms with E-state index in [1.165, 1.54) is 0 Å². The number of rotatable bonds is 1. The Kier molecular flexibility index (Phi) is 4.09. The lowest BCUT2D eigenvalue weighted by molar-refractivity contribution is 0.191. The van der Waals surface area contributed by atoms with Crippen molar-refractivity contribution in [1.82, 2.24) is 0 Å². The quantitative estimate of drug-likeness (QED) is 0.536. The van der Waals surface area contributed by atoms with E-state index in [1.54, 1.807) is 0 Å². The zero-order valence-electron chi connectivity index (χ0n) is 5.39. The SMILES string of the molecule is NCC1=CCCCO1.O. The van der Waals surface area contributed by atoms with Gasteiger partial charge in [-0.2, -0.15) is 0 Å². The molecule has 0 aromatic heterocycles. The third-order valence-electron chi connectivity index (χ3n) is 1.21. The van der Waals surface area contributed by atoms with Crippen LogP contribution >= 0.6 is 0 Å². The van der Waals surface area contributed by atoms with Gasteiger partial charge in [0.2, 0.25) is 0 Å². The molecular formula is C6H13NO2. The van der Waals surface area contributed by atoms with Crippen LogP contribution in [0.25, 0.3) is 0 Å². The van der Waals surface area contributed by atoms with Crippen LogP contribution in [0.1, 0.15) is 12.8 Å². The molecule has 0 fully saturated rings. The second kappa shape index (κ2) is 4.35. The zero-order valence-corrected chi connectivity index (χ0v) is 5.39. The van der Waals surface area contributed by atoms with Crippen molar-refractivity contribution in [2.45, 2.75) is 12.8 Å². The van der Waals surface area contributed by atoms with Gasteiger partial charge in [0.25, 0.3) is 0 Å². The Labute approximate surface area is 54.8 Å². The fourth-order valence-corrected chi connectivity index (χ4v) is 0.751. The highest BCUT2D eigenvalue weighted by molar-refractivity contribution is 4.96. The molecule has 0 spiro atoms. The zero-order chi connectivity index (χ0) is 5.82. The Morgan fingerprint density at radius 1 is 1.67 bits per heavy atom. The Bertz CT molecular complexity index is 101. The maximum atomic E-state index is 5.31. The van der Waals surface area contributed by atoms with Crippen molar-refractivity contribution in [3.8, 4) is 0 Å². The topological polar surface area (TPSA) is 66.8 Å². The second-order valence-corrected chi connectivity index (χ2v) is 1.87. The summed E-state index contributed by atoms with van der Waals surface area (Å²) in [5, 5.41) is 0. The van der Waals surface area contributed by atoms with Crippen LogP contribution in [0.2, 0.25) is 0 Å². The number of nitrogens with two attached hydrogens (primary N) is 1. The summed E-state index contributed by atoms with van der Waals surface area (Å²) in [5.41, 5.74) is 5.31. The standard InChI is InChI=1S/C6H11NO.H2O/c7-5-6-3-1-2-4-8-6;/h3H,1-2,4-5,7H2;1H2. The average Bonchev–Trinajstić information content (AvgIpc) is 1.90. The number of allylic oxidation sites excluding steroid dienone is 1. The van der Waals surface area contributed by atoms with Gasteiger partial charge in [-0.05, 0) is 18.9 Å². The fraction of sp³-hybridized carbons (Fsp3) is 0.667. The maximum absolute atomic E-state index is 5.31. The first-order valence-electron chi connectivity index (χ1n) is 2.95. The summed E-state index contributed by atoms with van der Waals surface area (Å²) in [7, 11) is 0. The smallest absolute Gasteiger partial charge is 0.106 e. The van der Waals surface area contributed by atoms with Gasteiger partial charge < -0.3 is 15.9 Å². The molecule has 1 heterocycles. The van der Waals surface area contributed by atoms with E-state index in [0.717, 1.165) is 25.2 Å². The molecule has 0 aromatic rings. The fourth-order valence-electron chi connectivity index (χ4n) is 0.751. The lowest BCUT2D eigenvalue weighted by atomic mass is 10.2. The molecule has 0 atom stereocenters. The van der Waals surface area contributed by atoms with Crippen LogP contribution in [0.3, 0.4) is 0 Å². The van der Waals surface area contributed by atoms with Crippen LogP contribution in [0, 0.1) is 0 Å². The number of ether oxygens (including phenoxy) is 1. The second-order valence-electron chi connectivity index (χ2n) is 1.87. The summed E-state index contributed by atoms with van der Waals surface area (Å²) in [6, 6.07) is 0. The van der Waals surface area contributed by atoms with Gasteiger partial charge in [-0.3, -0.25) is 0 Å². The lowest BCUT2D eigenvalue weighted by Gasteiger charge is -2.11. The molecular weight excluding hydrogens is 118 g/mol. The molecule has 0 bridgehead atoms. The van der Waals surface area contributed by atoms with E-state index in [0.29, 0.717) is 6.54 Å². The van der Waals surface area contributed by atoms with Crippen molar-refractivity contribution in [3.05, 3.63) is 11.8 Å². The Balaban J connectivity index is 0.000000640. The van der Waals surface area contributed by atoms with E-state index >= 15 is 0 Å². The monoisotopic (exact) mass is 131 g/mol. The van der Waals surface area contributed by atoms with Gasteiger partial charge in [-0.15, -0.1) is 0 Å². The minimum Gasteiger partial charge on any atom is -0.497 e. The predicted molar refractivity (Wildman–Crippen MR) is 35.9 cm³/mol. The van der Waals surface area contributed by atoms with E-state index in [1.807, 2.05) is 0 Å². The van der Waals surface area contributed by atoms with E-state index in [4.69, 9.17) is 10.5 Å². The molecule has 4 N–H and O–H groups in total. The third kappa shape index (κ3) is 2.49. The Morgan fingerprint density at radius 3 is 2.78 bits per heavy atom. The largest absolute Gasteiger partial charge is 0.497 e. The van der Waals surface area contributed by atoms with Gasteiger partial charge in [-0.1, -0.05) is 0 Å². The lowest BCUT2D eigenvalue weighted by Crippen LogP contribution is -2.10. The molecule has 0 aromatic carbocycles. The first-order chi connectivity index (χ1) is 3.93. The van der Waals surface area contributed by atoms with Gasteiger partial charge in [0.15, 0.2) is 0 Å². The molecule has 1 aliphatic rings. The number of hydrogen-bond donors (Lipinski definition) is 1. The Morgan fingerprint density at radius 2 is 2.44 bits per heavy atom. The highest BCUT2D eigenvalue weighted by Crippen LogP contribution is 2.06. The van der Waals surface area contributed by atoms with E-state index < -0.39 is 0 Å². The van der Waals surface area contributed by atoms with Gasteiger partial charge in [0.05, 0.1) is 13.2 Å². The van der Waals surface area contributed by atoms with Gasteiger partial charge in [-0.25, -0.2) is 0 Å². The summed E-state index contributed by atoms with van der Waals surface area (Å²) < 4.78 is 5.16. The van der Waals surface area contributed by atoms with Crippen LogP contribution in [0.15, 0.2) is 11.8 Å². The molecule has 3 heteroatoms. The molecule has 0 saturated carbocycles. The molecule has 1 rings (SSSR count). The summed E-state index contributed by atoms with van der Waals surface area (Å²) in [6.45, 7) is 1.41. The highest BCUT2D eigenvalue weighted by atomic mass is 16.5. The minimum absolute atomic E-state index is 0. The van der Waals surface area contributed by atoms with Crippen molar-refractivity contribution in [3.63, 3.8) is 0 Å². The van der Waals surface area contributed by atoms with Crippen LogP contribution in [-0.2, 0) is 4.74 Å². The first kappa shape index (κ1) is 8.46. The van der Waals surface area contributed by atoms with Crippen molar-refractivity contribution >= 4 is 0 Å². The van der Waals surface area contributed by atoms with Crippen molar-refractivity contribution in [2.24, 2.45) is 5.73 Å². The first-order valence-corrected chi connectivity index (χ1v) is 2.95. The molecule has 9 heavy (non-hydrogen) atoms. The van der Waals surface area contributed by atoms with Gasteiger partial charge >= 0.3 is 0 Å². The molecule has 54 valence electrons. The normalized spacial score (nSPS) is 17.2. The molecule has 0 saturated heterocycles. The van der Waals surface area contributed by atoms with Crippen LogP contribution in [0.4, 0.5) is 0 Å². The highest BCUT2D eigenvalue weighted by Gasteiger charge is 1.99. The number of hydrogen-bond acceptors (Lipinski definition) is 2. The van der Waals surface area contributed by atoms with Crippen LogP contribution in [-0.4, -0.2) is 18.6 Å². The van der Waals surface area contributed by atoms with Crippen molar-refractivity contribution in [1.29, 1.82) is 0 Å². The van der Waals surface area contributed by atoms with Gasteiger partial charge in [0, 0.05) is 0 Å². The molecule has 0 radical (unpaired) electrons. The van der Waals surface area contributed by atoms with Crippen molar-refractivity contribution < 1.29 is 10.2 Å². The van der Waals surface area contributed by atoms with E-state index in [9.17, 15) is 0 Å². The van der Waals surface area contributed by atoms with Crippen molar-refractivity contribution in [2.75, 3.05) is 13.2 Å². The Hall–Kier alpha value is -0.540. The van der Waals surface area contributed by atoms with Crippen LogP contribution in [0.5, 0.6) is 0 Å². The molecule has 0 unspecified atom stereocenters.